The lowest BCUT2D eigenvalue weighted by Crippen LogP contribution is -2.50. The third-order valence-corrected chi connectivity index (χ3v) is 5.05. The van der Waals surface area contributed by atoms with Gasteiger partial charge in [-0.15, -0.1) is 0 Å². The summed E-state index contributed by atoms with van der Waals surface area (Å²) in [4.78, 5) is 26.5. The van der Waals surface area contributed by atoms with Crippen LogP contribution in [-0.4, -0.2) is 61.0 Å². The van der Waals surface area contributed by atoms with Crippen molar-refractivity contribution in [3.8, 4) is 0 Å². The smallest absolute Gasteiger partial charge is 0.330 e. The standard InChI is InChI=1S/C21H22F4N4O4/c22-19(23)21(24,25)14-33-13-15-2-1-3-16(12-15)26-20(30)28-10-8-27(9-11-28)17-4-6-18(7-5-17)29(31)32/h1-7,12,19H,8-11,13-14H2,(H,26,30). The monoisotopic (exact) mass is 470 g/mol. The molecule has 1 aliphatic rings. The number of carbonyl (C=O) groups is 1. The lowest BCUT2D eigenvalue weighted by molar-refractivity contribution is -0.384. The fourth-order valence-corrected chi connectivity index (χ4v) is 3.26. The molecule has 178 valence electrons. The molecule has 0 atom stereocenters. The van der Waals surface area contributed by atoms with Crippen LogP contribution >= 0.6 is 0 Å². The van der Waals surface area contributed by atoms with Crippen molar-refractivity contribution in [3.63, 3.8) is 0 Å². The summed E-state index contributed by atoms with van der Waals surface area (Å²) in [6, 6.07) is 12.1. The maximum absolute atomic E-state index is 12.9. The molecule has 1 heterocycles. The maximum atomic E-state index is 12.9. The van der Waals surface area contributed by atoms with Crippen molar-refractivity contribution in [1.29, 1.82) is 0 Å². The van der Waals surface area contributed by atoms with Crippen LogP contribution in [0.4, 0.5) is 39.4 Å². The third kappa shape index (κ3) is 6.54. The molecule has 0 aliphatic carbocycles. The summed E-state index contributed by atoms with van der Waals surface area (Å²) in [6.45, 7) is 0.220. The minimum atomic E-state index is -4.22. The lowest BCUT2D eigenvalue weighted by atomic mass is 10.2. The zero-order valence-electron chi connectivity index (χ0n) is 17.4. The van der Waals surface area contributed by atoms with Crippen LogP contribution in [0.15, 0.2) is 48.5 Å². The summed E-state index contributed by atoms with van der Waals surface area (Å²) in [5, 5.41) is 13.5. The number of nitro groups is 1. The first-order valence-corrected chi connectivity index (χ1v) is 10.0. The minimum Gasteiger partial charge on any atom is -0.370 e. The van der Waals surface area contributed by atoms with Gasteiger partial charge in [0.2, 0.25) is 0 Å². The lowest BCUT2D eigenvalue weighted by Gasteiger charge is -2.36. The number of urea groups is 1. The molecule has 2 aromatic carbocycles. The number of carbonyl (C=O) groups excluding carboxylic acids is 1. The first kappa shape index (κ1) is 24.2. The van der Waals surface area contributed by atoms with Gasteiger partial charge in [-0.25, -0.2) is 13.6 Å². The summed E-state index contributed by atoms with van der Waals surface area (Å²) in [6.07, 6.45) is -3.80. The van der Waals surface area contributed by atoms with Gasteiger partial charge in [0.15, 0.2) is 0 Å². The third-order valence-electron chi connectivity index (χ3n) is 5.05. The largest absolute Gasteiger partial charge is 0.370 e. The fourth-order valence-electron chi connectivity index (χ4n) is 3.26. The molecule has 2 aromatic rings. The number of amides is 2. The number of nitrogens with zero attached hydrogens (tertiary/aromatic N) is 3. The molecular formula is C21H22F4N4O4. The molecule has 0 aromatic heterocycles. The second-order valence-corrected chi connectivity index (χ2v) is 7.43. The highest BCUT2D eigenvalue weighted by Crippen LogP contribution is 2.24. The second kappa shape index (κ2) is 10.5. The van der Waals surface area contributed by atoms with Crippen molar-refractivity contribution in [3.05, 3.63) is 64.2 Å². The van der Waals surface area contributed by atoms with Crippen LogP contribution in [0.5, 0.6) is 0 Å². The Morgan fingerprint density at radius 3 is 2.39 bits per heavy atom. The normalized spacial score (nSPS) is 14.5. The van der Waals surface area contributed by atoms with Crippen LogP contribution in [0.2, 0.25) is 0 Å². The van der Waals surface area contributed by atoms with E-state index in [4.69, 9.17) is 4.74 Å². The van der Waals surface area contributed by atoms with Crippen molar-refractivity contribution in [1.82, 2.24) is 4.90 Å². The number of nitrogens with one attached hydrogen (secondary N) is 1. The molecule has 0 bridgehead atoms. The Balaban J connectivity index is 1.49. The molecular weight excluding hydrogens is 448 g/mol. The van der Waals surface area contributed by atoms with E-state index in [0.717, 1.165) is 5.69 Å². The number of non-ortho nitro benzene ring substituents is 1. The topological polar surface area (TPSA) is 88.0 Å². The Morgan fingerprint density at radius 1 is 1.12 bits per heavy atom. The molecule has 12 heteroatoms. The van der Waals surface area contributed by atoms with Gasteiger partial charge in [0, 0.05) is 49.7 Å². The number of anilines is 2. The summed E-state index contributed by atoms with van der Waals surface area (Å²) in [7, 11) is 0. The Morgan fingerprint density at radius 2 is 1.79 bits per heavy atom. The van der Waals surface area contributed by atoms with Crippen molar-refractivity contribution < 1.29 is 32.0 Å². The van der Waals surface area contributed by atoms with Gasteiger partial charge in [-0.05, 0) is 29.8 Å². The highest BCUT2D eigenvalue weighted by molar-refractivity contribution is 5.89. The molecule has 0 spiro atoms. The van der Waals surface area contributed by atoms with Gasteiger partial charge in [0.05, 0.1) is 11.5 Å². The van der Waals surface area contributed by atoms with Gasteiger partial charge in [-0.1, -0.05) is 12.1 Å². The highest BCUT2D eigenvalue weighted by atomic mass is 19.3. The van der Waals surface area contributed by atoms with Crippen molar-refractivity contribution in [2.45, 2.75) is 19.0 Å². The number of hydrogen-bond donors (Lipinski definition) is 1. The SMILES string of the molecule is O=C(Nc1cccc(COCC(F)(F)C(F)F)c1)N1CCN(c2ccc([N+](=O)[O-])cc2)CC1. The first-order chi connectivity index (χ1) is 15.7. The van der Waals surface area contributed by atoms with E-state index in [2.05, 4.69) is 5.32 Å². The van der Waals surface area contributed by atoms with Crippen molar-refractivity contribution in [2.75, 3.05) is 43.0 Å². The molecule has 1 aliphatic heterocycles. The van der Waals surface area contributed by atoms with Crippen LogP contribution < -0.4 is 10.2 Å². The van der Waals surface area contributed by atoms with Crippen molar-refractivity contribution in [2.24, 2.45) is 0 Å². The maximum Gasteiger partial charge on any atom is 0.330 e. The van der Waals surface area contributed by atoms with Gasteiger partial charge in [-0.3, -0.25) is 10.1 Å². The molecule has 2 amide bonds. The fraction of sp³-hybridized carbons (Fsp3) is 0.381. The van der Waals surface area contributed by atoms with Crippen LogP contribution in [0, 0.1) is 10.1 Å². The number of alkyl halides is 4. The van der Waals surface area contributed by atoms with Crippen LogP contribution in [-0.2, 0) is 11.3 Å². The summed E-state index contributed by atoms with van der Waals surface area (Å²) in [5.74, 6) is -4.22. The molecule has 0 radical (unpaired) electrons. The van der Waals surface area contributed by atoms with Crippen LogP contribution in [0.25, 0.3) is 0 Å². The highest BCUT2D eigenvalue weighted by Gasteiger charge is 2.40. The van der Waals surface area contributed by atoms with E-state index < -0.39 is 23.9 Å². The number of nitro benzene ring substituents is 1. The Labute approximate surface area is 186 Å². The molecule has 0 unspecified atom stereocenters. The van der Waals surface area contributed by atoms with Crippen molar-refractivity contribution >= 4 is 23.1 Å². The van der Waals surface area contributed by atoms with E-state index in [-0.39, 0.29) is 18.3 Å². The molecule has 33 heavy (non-hydrogen) atoms. The minimum absolute atomic E-state index is 0.00660. The number of rotatable bonds is 8. The van der Waals surface area contributed by atoms with Gasteiger partial charge in [-0.2, -0.15) is 8.78 Å². The van der Waals surface area contributed by atoms with Crippen LogP contribution in [0.3, 0.4) is 0 Å². The van der Waals surface area contributed by atoms with E-state index in [0.29, 0.717) is 37.4 Å². The van der Waals surface area contributed by atoms with E-state index in [1.165, 1.54) is 18.2 Å². The van der Waals surface area contributed by atoms with E-state index in [9.17, 15) is 32.5 Å². The summed E-state index contributed by atoms with van der Waals surface area (Å²) < 4.78 is 54.9. The first-order valence-electron chi connectivity index (χ1n) is 10.0. The number of hydrogen-bond acceptors (Lipinski definition) is 5. The molecule has 1 saturated heterocycles. The van der Waals surface area contributed by atoms with E-state index >= 15 is 0 Å². The Bertz CT molecular complexity index is 967. The average Bonchev–Trinajstić information content (AvgIpc) is 2.79. The van der Waals surface area contributed by atoms with Crippen LogP contribution in [0.1, 0.15) is 5.56 Å². The van der Waals surface area contributed by atoms with Gasteiger partial charge >= 0.3 is 18.4 Å². The Kier molecular flexibility index (Phi) is 7.69. The molecule has 8 nitrogen and oxygen atoms in total. The zero-order chi connectivity index (χ0) is 24.0. The molecule has 3 rings (SSSR count). The van der Waals surface area contributed by atoms with Gasteiger partial charge < -0.3 is 19.9 Å². The Hall–Kier alpha value is -3.41. The number of ether oxygens (including phenoxy) is 1. The molecule has 0 saturated carbocycles. The average molecular weight is 470 g/mol. The molecule has 1 fully saturated rings. The van der Waals surface area contributed by atoms with E-state index in [1.807, 2.05) is 4.90 Å². The quantitative estimate of drug-likeness (QED) is 0.352. The number of benzene rings is 2. The summed E-state index contributed by atoms with van der Waals surface area (Å²) >= 11 is 0. The van der Waals surface area contributed by atoms with Gasteiger partial charge in [0.25, 0.3) is 5.69 Å². The number of halogens is 4. The summed E-state index contributed by atoms with van der Waals surface area (Å²) in [5.41, 5.74) is 1.69. The predicted octanol–water partition coefficient (Wildman–Crippen LogP) is 4.37. The predicted molar refractivity (Wildman–Crippen MR) is 113 cm³/mol. The second-order valence-electron chi connectivity index (χ2n) is 7.43. The molecule has 1 N–H and O–H groups in total. The number of piperazine rings is 1. The van der Waals surface area contributed by atoms with Gasteiger partial charge in [0.1, 0.15) is 6.61 Å². The zero-order valence-corrected chi connectivity index (χ0v) is 17.4. The van der Waals surface area contributed by atoms with E-state index in [1.54, 1.807) is 35.2 Å².